The Hall–Kier alpha value is -2.97. The second-order valence-corrected chi connectivity index (χ2v) is 3.27. The van der Waals surface area contributed by atoms with Crippen LogP contribution in [0.2, 0.25) is 0 Å². The molecule has 0 aliphatic carbocycles. The smallest absolute Gasteiger partial charge is 0.411 e. The van der Waals surface area contributed by atoms with Crippen LogP contribution in [0.5, 0.6) is 0 Å². The molecule has 0 heterocycles. The van der Waals surface area contributed by atoms with Gasteiger partial charge in [-0.15, -0.1) is 0 Å². The van der Waals surface area contributed by atoms with Gasteiger partial charge in [-0.1, -0.05) is 19.7 Å². The van der Waals surface area contributed by atoms with E-state index in [9.17, 15) is 14.4 Å². The molecule has 0 aromatic rings. The van der Waals surface area contributed by atoms with E-state index in [4.69, 9.17) is 14.2 Å². The first-order valence-corrected chi connectivity index (χ1v) is 5.70. The molecule has 0 spiro atoms. The fraction of sp³-hybridized carbons (Fsp3) is 0.250. The molecule has 0 saturated heterocycles. The summed E-state index contributed by atoms with van der Waals surface area (Å²) >= 11 is 0. The summed E-state index contributed by atoms with van der Waals surface area (Å²) in [7, 11) is 0. The van der Waals surface area contributed by atoms with Gasteiger partial charge in [0.15, 0.2) is 6.10 Å². The lowest BCUT2D eigenvalue weighted by atomic mass is 10.4. The quantitative estimate of drug-likeness (QED) is 0.575. The minimum absolute atomic E-state index is 0.328. The minimum Gasteiger partial charge on any atom is -0.445 e. The van der Waals surface area contributed by atoms with E-state index in [1.54, 1.807) is 0 Å². The lowest BCUT2D eigenvalue weighted by Crippen LogP contribution is -2.35. The molecule has 0 fully saturated rings. The van der Waals surface area contributed by atoms with Crippen molar-refractivity contribution in [1.29, 1.82) is 0 Å². The van der Waals surface area contributed by atoms with E-state index >= 15 is 0 Å². The van der Waals surface area contributed by atoms with E-state index in [-0.39, 0.29) is 13.2 Å². The van der Waals surface area contributed by atoms with Crippen molar-refractivity contribution >= 4 is 18.3 Å². The molecule has 0 atom stereocenters. The van der Waals surface area contributed by atoms with Crippen LogP contribution in [0.15, 0.2) is 38.3 Å². The van der Waals surface area contributed by atoms with Crippen LogP contribution >= 0.6 is 0 Å². The number of rotatable bonds is 8. The normalized spacial score (nSPS) is 9.00. The first-order chi connectivity index (χ1) is 10.0. The molecular formula is C12H17N3O6. The van der Waals surface area contributed by atoms with Gasteiger partial charge < -0.3 is 14.2 Å². The van der Waals surface area contributed by atoms with Crippen LogP contribution in [-0.2, 0) is 14.2 Å². The zero-order valence-corrected chi connectivity index (χ0v) is 11.3. The van der Waals surface area contributed by atoms with Crippen molar-refractivity contribution < 1.29 is 28.6 Å². The number of hydrogen-bond acceptors (Lipinski definition) is 6. The molecule has 9 heteroatoms. The first kappa shape index (κ1) is 18.0. The third-order valence-corrected chi connectivity index (χ3v) is 1.73. The molecule has 21 heavy (non-hydrogen) atoms. The summed E-state index contributed by atoms with van der Waals surface area (Å²) in [4.78, 5) is 33.4. The number of hydrogen-bond donors (Lipinski definition) is 3. The Morgan fingerprint density at radius 3 is 1.57 bits per heavy atom. The van der Waals surface area contributed by atoms with Crippen molar-refractivity contribution in [3.05, 3.63) is 38.3 Å². The second-order valence-electron chi connectivity index (χ2n) is 3.27. The Morgan fingerprint density at radius 2 is 1.19 bits per heavy atom. The van der Waals surface area contributed by atoms with E-state index in [1.807, 2.05) is 0 Å². The zero-order valence-electron chi connectivity index (χ0n) is 11.3. The molecule has 0 rings (SSSR count). The average Bonchev–Trinajstić information content (AvgIpc) is 2.42. The van der Waals surface area contributed by atoms with Gasteiger partial charge in [0.2, 0.25) is 0 Å². The molecule has 0 aromatic heterocycles. The van der Waals surface area contributed by atoms with Crippen LogP contribution in [0.25, 0.3) is 0 Å². The van der Waals surface area contributed by atoms with Crippen molar-refractivity contribution in [2.45, 2.75) is 6.10 Å². The number of ether oxygens (including phenoxy) is 3. The van der Waals surface area contributed by atoms with Crippen LogP contribution in [0.4, 0.5) is 14.4 Å². The van der Waals surface area contributed by atoms with Crippen LogP contribution in [0.3, 0.4) is 0 Å². The second kappa shape index (κ2) is 10.9. The lowest BCUT2D eigenvalue weighted by molar-refractivity contribution is 0.00964. The van der Waals surface area contributed by atoms with Gasteiger partial charge in [-0.25, -0.2) is 14.4 Å². The fourth-order valence-corrected chi connectivity index (χ4v) is 0.972. The Morgan fingerprint density at radius 1 is 0.810 bits per heavy atom. The van der Waals surface area contributed by atoms with Crippen LogP contribution in [0, 0.1) is 0 Å². The number of alkyl carbamates (subject to hydrolysis) is 3. The summed E-state index contributed by atoms with van der Waals surface area (Å²) in [5.74, 6) is 0. The maximum absolute atomic E-state index is 11.2. The molecule has 9 nitrogen and oxygen atoms in total. The Bertz CT molecular complexity index is 384. The number of amides is 3. The highest BCUT2D eigenvalue weighted by Gasteiger charge is 2.18. The lowest BCUT2D eigenvalue weighted by Gasteiger charge is -2.17. The summed E-state index contributed by atoms with van der Waals surface area (Å²) < 4.78 is 14.3. The first-order valence-electron chi connectivity index (χ1n) is 5.70. The molecule has 0 unspecified atom stereocenters. The van der Waals surface area contributed by atoms with E-state index < -0.39 is 24.4 Å². The van der Waals surface area contributed by atoms with Gasteiger partial charge in [0, 0.05) is 0 Å². The van der Waals surface area contributed by atoms with Crippen molar-refractivity contribution in [2.24, 2.45) is 0 Å². The maximum atomic E-state index is 11.2. The fourth-order valence-electron chi connectivity index (χ4n) is 0.972. The average molecular weight is 299 g/mol. The third kappa shape index (κ3) is 9.59. The third-order valence-electron chi connectivity index (χ3n) is 1.73. The standard InChI is InChI=1S/C12H17N3O6/c1-4-13-10(16)19-7-9(21-12(18)15-6-3)8-20-11(17)14-5-2/h4-6,9H,1-3,7-8H2,(H,13,16)(H,14,17)(H,15,18). The van der Waals surface area contributed by atoms with Gasteiger partial charge in [0.1, 0.15) is 13.2 Å². The molecule has 0 aliphatic rings. The van der Waals surface area contributed by atoms with Gasteiger partial charge in [0.05, 0.1) is 0 Å². The van der Waals surface area contributed by atoms with Gasteiger partial charge in [0.25, 0.3) is 0 Å². The molecule has 0 aromatic carbocycles. The van der Waals surface area contributed by atoms with E-state index in [2.05, 4.69) is 35.7 Å². The van der Waals surface area contributed by atoms with E-state index in [0.29, 0.717) is 0 Å². The van der Waals surface area contributed by atoms with Gasteiger partial charge in [-0.2, -0.15) is 0 Å². The van der Waals surface area contributed by atoms with Crippen molar-refractivity contribution in [2.75, 3.05) is 13.2 Å². The number of carbonyl (C=O) groups excluding carboxylic acids is 3. The van der Waals surface area contributed by atoms with Crippen molar-refractivity contribution in [3.8, 4) is 0 Å². The highest BCUT2D eigenvalue weighted by atomic mass is 16.6. The predicted molar refractivity (Wildman–Crippen MR) is 73.0 cm³/mol. The highest BCUT2D eigenvalue weighted by molar-refractivity contribution is 5.70. The molecule has 3 N–H and O–H groups in total. The van der Waals surface area contributed by atoms with Crippen molar-refractivity contribution in [1.82, 2.24) is 16.0 Å². The number of carbonyl (C=O) groups is 3. The van der Waals surface area contributed by atoms with Gasteiger partial charge in [-0.3, -0.25) is 16.0 Å². The molecule has 0 aliphatic heterocycles. The molecular weight excluding hydrogens is 282 g/mol. The Labute approximate surface area is 121 Å². The van der Waals surface area contributed by atoms with Crippen LogP contribution in [-0.4, -0.2) is 37.6 Å². The van der Waals surface area contributed by atoms with E-state index in [1.165, 1.54) is 0 Å². The van der Waals surface area contributed by atoms with Gasteiger partial charge in [-0.05, 0) is 18.6 Å². The molecule has 0 radical (unpaired) electrons. The van der Waals surface area contributed by atoms with Crippen LogP contribution in [0.1, 0.15) is 0 Å². The number of nitrogens with one attached hydrogen (secondary N) is 3. The largest absolute Gasteiger partial charge is 0.445 e. The zero-order chi connectivity index (χ0) is 16.1. The Balaban J connectivity index is 4.38. The topological polar surface area (TPSA) is 115 Å². The van der Waals surface area contributed by atoms with Crippen LogP contribution < -0.4 is 16.0 Å². The summed E-state index contributed by atoms with van der Waals surface area (Å²) in [6.07, 6.45) is -0.0773. The molecule has 3 amide bonds. The minimum atomic E-state index is -1.00. The summed E-state index contributed by atoms with van der Waals surface area (Å²) in [5.41, 5.74) is 0. The SMILES string of the molecule is C=CNC(=O)OCC(COC(=O)NC=C)OC(=O)NC=C. The molecule has 116 valence electrons. The molecule has 0 saturated carbocycles. The Kier molecular flexibility index (Phi) is 9.36. The highest BCUT2D eigenvalue weighted by Crippen LogP contribution is 1.98. The summed E-state index contributed by atoms with van der Waals surface area (Å²) in [5, 5.41) is 6.48. The van der Waals surface area contributed by atoms with Crippen molar-refractivity contribution in [3.63, 3.8) is 0 Å². The monoisotopic (exact) mass is 299 g/mol. The maximum Gasteiger partial charge on any atom is 0.411 e. The summed E-state index contributed by atoms with van der Waals surface area (Å²) in [6.45, 7) is 9.17. The molecule has 0 bridgehead atoms. The predicted octanol–water partition coefficient (Wildman–Crippen LogP) is 0.964. The van der Waals surface area contributed by atoms with Gasteiger partial charge >= 0.3 is 18.3 Å². The summed E-state index contributed by atoms with van der Waals surface area (Å²) in [6, 6.07) is 0. The van der Waals surface area contributed by atoms with E-state index in [0.717, 1.165) is 18.6 Å².